The number of carbonyl (C=O) groups is 1. The summed E-state index contributed by atoms with van der Waals surface area (Å²) in [6.45, 7) is 3.77. The molecule has 0 N–H and O–H groups in total. The Hall–Kier alpha value is -1.04. The standard InChI is InChI=1S/C11H19NO2/c1-3-4-5-6-7-11(8-12)9-14-10(2)13/h11H,3-7,9H2,1-2H3. The summed E-state index contributed by atoms with van der Waals surface area (Å²) in [6.07, 6.45) is 5.46. The Balaban J connectivity index is 3.49. The first-order valence-electron chi connectivity index (χ1n) is 5.23. The normalized spacial score (nSPS) is 11.8. The molecule has 0 aliphatic heterocycles. The van der Waals surface area contributed by atoms with E-state index in [4.69, 9.17) is 10.00 Å². The number of esters is 1. The molecule has 0 aromatic rings. The van der Waals surface area contributed by atoms with Crippen molar-refractivity contribution in [2.24, 2.45) is 5.92 Å². The van der Waals surface area contributed by atoms with E-state index in [1.54, 1.807) is 0 Å². The predicted octanol–water partition coefficient (Wildman–Crippen LogP) is 2.66. The second-order valence-corrected chi connectivity index (χ2v) is 3.48. The Morgan fingerprint density at radius 2 is 2.14 bits per heavy atom. The molecular formula is C11H19NO2. The van der Waals surface area contributed by atoms with Gasteiger partial charge in [-0.15, -0.1) is 0 Å². The quantitative estimate of drug-likeness (QED) is 0.465. The van der Waals surface area contributed by atoms with Crippen molar-refractivity contribution in [3.05, 3.63) is 0 Å². The van der Waals surface area contributed by atoms with E-state index in [9.17, 15) is 4.79 Å². The molecular weight excluding hydrogens is 178 g/mol. The second-order valence-electron chi connectivity index (χ2n) is 3.48. The fraction of sp³-hybridized carbons (Fsp3) is 0.818. The number of nitrogens with zero attached hydrogens (tertiary/aromatic N) is 1. The molecule has 0 aliphatic carbocycles. The van der Waals surface area contributed by atoms with Crippen LogP contribution in [0.4, 0.5) is 0 Å². The lowest BCUT2D eigenvalue weighted by Gasteiger charge is -2.08. The van der Waals surface area contributed by atoms with E-state index in [-0.39, 0.29) is 18.5 Å². The van der Waals surface area contributed by atoms with E-state index >= 15 is 0 Å². The van der Waals surface area contributed by atoms with Crippen LogP contribution in [0.1, 0.15) is 46.0 Å². The van der Waals surface area contributed by atoms with E-state index in [1.165, 1.54) is 19.8 Å². The maximum Gasteiger partial charge on any atom is 0.302 e. The molecule has 0 spiro atoms. The van der Waals surface area contributed by atoms with Crippen LogP contribution in [0, 0.1) is 17.2 Å². The Kier molecular flexibility index (Phi) is 7.92. The van der Waals surface area contributed by atoms with Gasteiger partial charge in [0.15, 0.2) is 0 Å². The maximum absolute atomic E-state index is 10.5. The summed E-state index contributed by atoms with van der Waals surface area (Å²) in [5, 5.41) is 8.75. The van der Waals surface area contributed by atoms with Crippen LogP contribution in [-0.2, 0) is 9.53 Å². The minimum absolute atomic E-state index is 0.129. The minimum atomic E-state index is -0.307. The highest BCUT2D eigenvalue weighted by Gasteiger charge is 2.08. The van der Waals surface area contributed by atoms with Crippen LogP contribution in [0.25, 0.3) is 0 Å². The zero-order valence-electron chi connectivity index (χ0n) is 9.08. The van der Waals surface area contributed by atoms with E-state index < -0.39 is 0 Å². The van der Waals surface area contributed by atoms with Gasteiger partial charge in [0, 0.05) is 6.92 Å². The number of ether oxygens (including phenoxy) is 1. The fourth-order valence-electron chi connectivity index (χ4n) is 1.22. The van der Waals surface area contributed by atoms with Crippen LogP contribution < -0.4 is 0 Å². The lowest BCUT2D eigenvalue weighted by atomic mass is 10.0. The highest BCUT2D eigenvalue weighted by atomic mass is 16.5. The van der Waals surface area contributed by atoms with E-state index in [1.807, 2.05) is 0 Å². The summed E-state index contributed by atoms with van der Waals surface area (Å²) in [5.74, 6) is -0.436. The third kappa shape index (κ3) is 7.60. The number of hydrogen-bond acceptors (Lipinski definition) is 3. The summed E-state index contributed by atoms with van der Waals surface area (Å²) in [7, 11) is 0. The highest BCUT2D eigenvalue weighted by molar-refractivity contribution is 5.65. The van der Waals surface area contributed by atoms with Crippen LogP contribution in [0.2, 0.25) is 0 Å². The number of nitriles is 1. The topological polar surface area (TPSA) is 50.1 Å². The molecule has 0 aliphatic rings. The number of hydrogen-bond donors (Lipinski definition) is 0. The zero-order valence-corrected chi connectivity index (χ0v) is 9.08. The van der Waals surface area contributed by atoms with Gasteiger partial charge in [-0.05, 0) is 6.42 Å². The van der Waals surface area contributed by atoms with Gasteiger partial charge in [0.05, 0.1) is 12.0 Å². The van der Waals surface area contributed by atoms with Gasteiger partial charge >= 0.3 is 5.97 Å². The van der Waals surface area contributed by atoms with Crippen molar-refractivity contribution < 1.29 is 9.53 Å². The van der Waals surface area contributed by atoms with Crippen LogP contribution in [0.5, 0.6) is 0 Å². The average Bonchev–Trinajstić information content (AvgIpc) is 2.16. The van der Waals surface area contributed by atoms with E-state index in [0.717, 1.165) is 19.3 Å². The molecule has 0 amide bonds. The third-order valence-corrected chi connectivity index (χ3v) is 2.08. The molecule has 0 aromatic carbocycles. The summed E-state index contributed by atoms with van der Waals surface area (Å²) in [6, 6.07) is 2.16. The summed E-state index contributed by atoms with van der Waals surface area (Å²) >= 11 is 0. The van der Waals surface area contributed by atoms with Crippen LogP contribution in [0.15, 0.2) is 0 Å². The van der Waals surface area contributed by atoms with Gasteiger partial charge in [-0.2, -0.15) is 5.26 Å². The van der Waals surface area contributed by atoms with Crippen molar-refractivity contribution in [1.82, 2.24) is 0 Å². The van der Waals surface area contributed by atoms with Crippen LogP contribution in [-0.4, -0.2) is 12.6 Å². The van der Waals surface area contributed by atoms with Crippen LogP contribution >= 0.6 is 0 Å². The van der Waals surface area contributed by atoms with Crippen molar-refractivity contribution in [2.45, 2.75) is 46.0 Å². The predicted molar refractivity (Wildman–Crippen MR) is 54.5 cm³/mol. The number of unbranched alkanes of at least 4 members (excludes halogenated alkanes) is 3. The Bertz CT molecular complexity index is 196. The molecule has 0 saturated heterocycles. The summed E-state index contributed by atoms with van der Waals surface area (Å²) < 4.78 is 4.79. The van der Waals surface area contributed by atoms with Gasteiger partial charge in [0.25, 0.3) is 0 Å². The van der Waals surface area contributed by atoms with Gasteiger partial charge in [0.2, 0.25) is 0 Å². The van der Waals surface area contributed by atoms with Gasteiger partial charge in [-0.3, -0.25) is 4.79 Å². The van der Waals surface area contributed by atoms with Gasteiger partial charge in [0.1, 0.15) is 6.61 Å². The summed E-state index contributed by atoms with van der Waals surface area (Å²) in [4.78, 5) is 10.5. The largest absolute Gasteiger partial charge is 0.464 e. The average molecular weight is 197 g/mol. The van der Waals surface area contributed by atoms with Gasteiger partial charge in [-0.1, -0.05) is 32.6 Å². The lowest BCUT2D eigenvalue weighted by Crippen LogP contribution is -2.10. The monoisotopic (exact) mass is 197 g/mol. The molecule has 0 radical (unpaired) electrons. The molecule has 1 atom stereocenters. The van der Waals surface area contributed by atoms with Crippen molar-refractivity contribution in [3.8, 4) is 6.07 Å². The molecule has 0 rings (SSSR count). The first-order chi connectivity index (χ1) is 6.70. The molecule has 0 bridgehead atoms. The van der Waals surface area contributed by atoms with Crippen LogP contribution in [0.3, 0.4) is 0 Å². The van der Waals surface area contributed by atoms with E-state index in [2.05, 4.69) is 13.0 Å². The first kappa shape index (κ1) is 13.0. The molecule has 14 heavy (non-hydrogen) atoms. The molecule has 80 valence electrons. The first-order valence-corrected chi connectivity index (χ1v) is 5.23. The van der Waals surface area contributed by atoms with Crippen molar-refractivity contribution in [1.29, 1.82) is 5.26 Å². The highest BCUT2D eigenvalue weighted by Crippen LogP contribution is 2.10. The Morgan fingerprint density at radius 1 is 1.43 bits per heavy atom. The van der Waals surface area contributed by atoms with Gasteiger partial charge < -0.3 is 4.74 Å². The summed E-state index contributed by atoms with van der Waals surface area (Å²) in [5.41, 5.74) is 0. The number of carbonyl (C=O) groups excluding carboxylic acids is 1. The van der Waals surface area contributed by atoms with Crippen molar-refractivity contribution in [2.75, 3.05) is 6.61 Å². The molecule has 0 fully saturated rings. The van der Waals surface area contributed by atoms with Gasteiger partial charge in [-0.25, -0.2) is 0 Å². The molecule has 0 aromatic heterocycles. The molecule has 0 heterocycles. The maximum atomic E-state index is 10.5. The van der Waals surface area contributed by atoms with Crippen molar-refractivity contribution >= 4 is 5.97 Å². The number of rotatable bonds is 7. The second kappa shape index (κ2) is 8.55. The van der Waals surface area contributed by atoms with Crippen molar-refractivity contribution in [3.63, 3.8) is 0 Å². The fourth-order valence-corrected chi connectivity index (χ4v) is 1.22. The molecule has 0 saturated carbocycles. The molecule has 1 unspecified atom stereocenters. The molecule has 3 nitrogen and oxygen atoms in total. The zero-order chi connectivity index (χ0) is 10.8. The SMILES string of the molecule is CCCCCCC(C#N)COC(C)=O. The smallest absolute Gasteiger partial charge is 0.302 e. The lowest BCUT2D eigenvalue weighted by molar-refractivity contribution is -0.141. The Labute approximate surface area is 86.1 Å². The van der Waals surface area contributed by atoms with E-state index in [0.29, 0.717) is 0 Å². The third-order valence-electron chi connectivity index (χ3n) is 2.08. The molecule has 3 heteroatoms. The Morgan fingerprint density at radius 3 is 2.64 bits per heavy atom. The minimum Gasteiger partial charge on any atom is -0.464 e.